The molecule has 2 N–H and O–H groups in total. The zero-order valence-corrected chi connectivity index (χ0v) is 18.7. The van der Waals surface area contributed by atoms with Gasteiger partial charge in [0, 0.05) is 13.0 Å². The average molecular weight is 440 g/mol. The molecule has 0 spiro atoms. The highest BCUT2D eigenvalue weighted by molar-refractivity contribution is 7.08. The van der Waals surface area contributed by atoms with Gasteiger partial charge in [0.2, 0.25) is 5.91 Å². The van der Waals surface area contributed by atoms with Gasteiger partial charge in [-0.25, -0.2) is 0 Å². The van der Waals surface area contributed by atoms with Crippen molar-refractivity contribution in [2.75, 3.05) is 19.6 Å². The minimum atomic E-state index is -0.708. The maximum atomic E-state index is 13.2. The van der Waals surface area contributed by atoms with E-state index in [1.807, 2.05) is 30.3 Å². The van der Waals surface area contributed by atoms with Gasteiger partial charge in [-0.05, 0) is 53.2 Å². The molecule has 7 heteroatoms. The summed E-state index contributed by atoms with van der Waals surface area (Å²) in [6.45, 7) is 6.48. The lowest BCUT2D eigenvalue weighted by Gasteiger charge is -2.30. The van der Waals surface area contributed by atoms with E-state index in [0.717, 1.165) is 18.7 Å². The van der Waals surface area contributed by atoms with Crippen molar-refractivity contribution in [3.63, 3.8) is 0 Å². The van der Waals surface area contributed by atoms with Crippen molar-refractivity contribution in [2.24, 2.45) is 0 Å². The lowest BCUT2D eigenvalue weighted by atomic mass is 10.0. The Labute approximate surface area is 187 Å². The number of furan rings is 1. The second-order valence-corrected chi connectivity index (χ2v) is 8.01. The Kier molecular flexibility index (Phi) is 8.44. The van der Waals surface area contributed by atoms with Crippen molar-refractivity contribution in [2.45, 2.75) is 32.4 Å². The molecule has 2 unspecified atom stereocenters. The fraction of sp³-hybridized carbons (Fsp3) is 0.333. The van der Waals surface area contributed by atoms with Gasteiger partial charge < -0.3 is 15.1 Å². The Morgan fingerprint density at radius 1 is 1.06 bits per heavy atom. The molecule has 2 heterocycles. The molecule has 0 radical (unpaired) electrons. The van der Waals surface area contributed by atoms with Crippen LogP contribution in [-0.4, -0.2) is 42.4 Å². The number of likely N-dealkylation sites (N-methyl/N-ethyl adjacent to an activating group) is 1. The number of nitrogens with zero attached hydrogens (tertiary/aromatic N) is 1. The Morgan fingerprint density at radius 3 is 2.45 bits per heavy atom. The van der Waals surface area contributed by atoms with Gasteiger partial charge in [-0.1, -0.05) is 44.2 Å². The zero-order valence-electron chi connectivity index (χ0n) is 17.9. The number of carbonyl (C=O) groups excluding carboxylic acids is 2. The highest BCUT2D eigenvalue weighted by Crippen LogP contribution is 2.22. The van der Waals surface area contributed by atoms with Gasteiger partial charge >= 0.3 is 0 Å². The van der Waals surface area contributed by atoms with Crippen LogP contribution in [0.2, 0.25) is 0 Å². The summed E-state index contributed by atoms with van der Waals surface area (Å²) < 4.78 is 5.18. The largest absolute Gasteiger partial charge is 0.459 e. The second kappa shape index (κ2) is 11.5. The molecule has 1 aromatic carbocycles. The van der Waals surface area contributed by atoms with Crippen LogP contribution in [0.1, 0.15) is 41.6 Å². The normalized spacial score (nSPS) is 13.0. The molecule has 0 saturated carbocycles. The predicted octanol–water partition coefficient (Wildman–Crippen LogP) is 3.88. The van der Waals surface area contributed by atoms with Gasteiger partial charge in [-0.3, -0.25) is 14.5 Å². The van der Waals surface area contributed by atoms with Gasteiger partial charge in [0.05, 0.1) is 12.3 Å². The quantitative estimate of drug-likeness (QED) is 0.475. The van der Waals surface area contributed by atoms with Crippen LogP contribution in [0.3, 0.4) is 0 Å². The number of amides is 2. The van der Waals surface area contributed by atoms with Crippen LogP contribution in [0.5, 0.6) is 0 Å². The van der Waals surface area contributed by atoms with E-state index in [1.54, 1.807) is 23.5 Å². The van der Waals surface area contributed by atoms with E-state index in [0.29, 0.717) is 13.0 Å². The molecule has 0 aliphatic rings. The number of nitrogens with one attached hydrogen (secondary N) is 2. The van der Waals surface area contributed by atoms with E-state index in [-0.39, 0.29) is 17.7 Å². The molecule has 31 heavy (non-hydrogen) atoms. The molecule has 0 fully saturated rings. The SMILES string of the molecule is CCN(CC)C(CNC(=O)C(Cc1ccccc1)NC(=O)c1ccco1)c1ccsc1. The molecule has 2 aromatic heterocycles. The van der Waals surface area contributed by atoms with E-state index < -0.39 is 11.9 Å². The molecule has 3 aromatic rings. The lowest BCUT2D eigenvalue weighted by Crippen LogP contribution is -2.49. The van der Waals surface area contributed by atoms with E-state index in [4.69, 9.17) is 4.42 Å². The topological polar surface area (TPSA) is 74.6 Å². The third-order valence-electron chi connectivity index (χ3n) is 5.30. The van der Waals surface area contributed by atoms with Crippen molar-refractivity contribution in [3.8, 4) is 0 Å². The highest BCUT2D eigenvalue weighted by atomic mass is 32.1. The lowest BCUT2D eigenvalue weighted by molar-refractivity contribution is -0.123. The van der Waals surface area contributed by atoms with Crippen LogP contribution < -0.4 is 10.6 Å². The van der Waals surface area contributed by atoms with Crippen LogP contribution >= 0.6 is 11.3 Å². The Hall–Kier alpha value is -2.90. The fourth-order valence-electron chi connectivity index (χ4n) is 3.60. The minimum absolute atomic E-state index is 0.0864. The first kappa shape index (κ1) is 22.8. The Morgan fingerprint density at radius 2 is 1.84 bits per heavy atom. The summed E-state index contributed by atoms with van der Waals surface area (Å²) in [5.74, 6) is -0.430. The van der Waals surface area contributed by atoms with Gasteiger partial charge in [-0.15, -0.1) is 0 Å². The molecule has 2 amide bonds. The van der Waals surface area contributed by atoms with Crippen molar-refractivity contribution < 1.29 is 14.0 Å². The summed E-state index contributed by atoms with van der Waals surface area (Å²) in [4.78, 5) is 28.0. The number of hydrogen-bond acceptors (Lipinski definition) is 5. The van der Waals surface area contributed by atoms with E-state index in [9.17, 15) is 9.59 Å². The number of benzene rings is 1. The highest BCUT2D eigenvalue weighted by Gasteiger charge is 2.25. The molecule has 0 aliphatic heterocycles. The summed E-state index contributed by atoms with van der Waals surface area (Å²) in [7, 11) is 0. The monoisotopic (exact) mass is 439 g/mol. The number of rotatable bonds is 11. The third-order valence-corrected chi connectivity index (χ3v) is 6.00. The van der Waals surface area contributed by atoms with Crippen LogP contribution in [-0.2, 0) is 11.2 Å². The van der Waals surface area contributed by atoms with E-state index >= 15 is 0 Å². The average Bonchev–Trinajstić information content (AvgIpc) is 3.51. The molecule has 0 bridgehead atoms. The van der Waals surface area contributed by atoms with Crippen molar-refractivity contribution in [1.29, 1.82) is 0 Å². The van der Waals surface area contributed by atoms with Crippen LogP contribution in [0, 0.1) is 0 Å². The molecule has 0 saturated heterocycles. The van der Waals surface area contributed by atoms with Gasteiger partial charge in [0.15, 0.2) is 5.76 Å². The summed E-state index contributed by atoms with van der Waals surface area (Å²) in [5.41, 5.74) is 2.16. The smallest absolute Gasteiger partial charge is 0.287 e. The molecule has 3 rings (SSSR count). The molecule has 0 aliphatic carbocycles. The van der Waals surface area contributed by atoms with Gasteiger partial charge in [0.25, 0.3) is 5.91 Å². The van der Waals surface area contributed by atoms with E-state index in [1.165, 1.54) is 11.8 Å². The van der Waals surface area contributed by atoms with Crippen molar-refractivity contribution >= 4 is 23.2 Å². The molecule has 6 nitrogen and oxygen atoms in total. The maximum Gasteiger partial charge on any atom is 0.287 e. The predicted molar refractivity (Wildman–Crippen MR) is 123 cm³/mol. The molecule has 2 atom stereocenters. The van der Waals surface area contributed by atoms with Crippen molar-refractivity contribution in [3.05, 3.63) is 82.4 Å². The summed E-state index contributed by atoms with van der Waals surface area (Å²) in [5, 5.41) is 10.1. The first-order chi connectivity index (χ1) is 15.1. The van der Waals surface area contributed by atoms with Crippen molar-refractivity contribution in [1.82, 2.24) is 15.5 Å². The number of thiophene rings is 1. The fourth-order valence-corrected chi connectivity index (χ4v) is 4.31. The van der Waals surface area contributed by atoms with Gasteiger partial charge in [-0.2, -0.15) is 11.3 Å². The maximum absolute atomic E-state index is 13.2. The molecular formula is C24H29N3O3S. The summed E-state index contributed by atoms with van der Waals surface area (Å²) in [6.07, 6.45) is 1.84. The first-order valence-electron chi connectivity index (χ1n) is 10.5. The second-order valence-electron chi connectivity index (χ2n) is 7.23. The number of carbonyl (C=O) groups is 2. The first-order valence-corrected chi connectivity index (χ1v) is 11.5. The summed E-state index contributed by atoms with van der Waals surface area (Å²) in [6, 6.07) is 14.4. The number of hydrogen-bond donors (Lipinski definition) is 2. The standard InChI is InChI=1S/C24H29N3O3S/c1-3-27(4-2)21(19-12-14-31-17-19)16-25-23(28)20(15-18-9-6-5-7-10-18)26-24(29)22-11-8-13-30-22/h5-14,17,20-21H,3-4,15-16H2,1-2H3,(H,25,28)(H,26,29). The van der Waals surface area contributed by atoms with Crippen LogP contribution in [0.15, 0.2) is 70.0 Å². The Bertz CT molecular complexity index is 922. The van der Waals surface area contributed by atoms with Gasteiger partial charge in [0.1, 0.15) is 6.04 Å². The third kappa shape index (κ3) is 6.29. The minimum Gasteiger partial charge on any atom is -0.459 e. The molecule has 164 valence electrons. The molecular weight excluding hydrogens is 410 g/mol. The Balaban J connectivity index is 1.72. The van der Waals surface area contributed by atoms with E-state index in [2.05, 4.69) is 46.2 Å². The summed E-state index contributed by atoms with van der Waals surface area (Å²) >= 11 is 1.65. The van der Waals surface area contributed by atoms with Crippen LogP contribution in [0.25, 0.3) is 0 Å². The zero-order chi connectivity index (χ0) is 22.1. The van der Waals surface area contributed by atoms with Crippen LogP contribution in [0.4, 0.5) is 0 Å².